The van der Waals surface area contributed by atoms with Gasteiger partial charge in [0.15, 0.2) is 0 Å². The van der Waals surface area contributed by atoms with E-state index in [0.717, 1.165) is 6.42 Å². The van der Waals surface area contributed by atoms with Gasteiger partial charge < -0.3 is 10.8 Å². The minimum absolute atomic E-state index is 0.377. The molecule has 3 nitrogen and oxygen atoms in total. The van der Waals surface area contributed by atoms with Crippen LogP contribution in [-0.4, -0.2) is 17.1 Å². The second-order valence-corrected chi connectivity index (χ2v) is 3.19. The van der Waals surface area contributed by atoms with Crippen molar-refractivity contribution in [3.63, 3.8) is 0 Å². The zero-order valence-corrected chi connectivity index (χ0v) is 7.87. The predicted molar refractivity (Wildman–Crippen MR) is 48.8 cm³/mol. The van der Waals surface area contributed by atoms with Crippen LogP contribution in [0.4, 0.5) is 0 Å². The van der Waals surface area contributed by atoms with Crippen molar-refractivity contribution in [1.82, 2.24) is 0 Å². The molecule has 0 aromatic heterocycles. The van der Waals surface area contributed by atoms with Gasteiger partial charge in [0.25, 0.3) is 0 Å². The van der Waals surface area contributed by atoms with Crippen LogP contribution in [0.15, 0.2) is 12.2 Å². The van der Waals surface area contributed by atoms with Crippen LogP contribution in [0, 0.1) is 5.41 Å². The van der Waals surface area contributed by atoms with E-state index in [4.69, 9.17) is 10.8 Å². The van der Waals surface area contributed by atoms with Gasteiger partial charge in [-0.3, -0.25) is 4.79 Å². The molecular formula is C9H17NO2. The molecule has 0 aliphatic rings. The number of carboxylic acid groups (broad SMARTS) is 1. The minimum atomic E-state index is -0.935. The van der Waals surface area contributed by atoms with Gasteiger partial charge in [-0.05, 0) is 20.3 Å². The molecule has 3 N–H and O–H groups in total. The second-order valence-electron chi connectivity index (χ2n) is 3.19. The molecule has 1 unspecified atom stereocenters. The summed E-state index contributed by atoms with van der Waals surface area (Å²) in [7, 11) is 0. The first kappa shape index (κ1) is 11.2. The summed E-state index contributed by atoms with van der Waals surface area (Å²) in [5, 5.41) is 8.90. The molecule has 0 aliphatic carbocycles. The zero-order chi connectivity index (χ0) is 9.78. The quantitative estimate of drug-likeness (QED) is 0.628. The normalized spacial score (nSPS) is 19.0. The predicted octanol–water partition coefficient (Wildman–Crippen LogP) is 1.39. The SMILES string of the molecule is CC/C=C\C(C)(C(=O)O)[C@H](C)N. The van der Waals surface area contributed by atoms with Gasteiger partial charge in [0.2, 0.25) is 0 Å². The highest BCUT2D eigenvalue weighted by Gasteiger charge is 2.33. The van der Waals surface area contributed by atoms with Crippen molar-refractivity contribution in [3.8, 4) is 0 Å². The van der Waals surface area contributed by atoms with Crippen LogP contribution in [0.3, 0.4) is 0 Å². The van der Waals surface area contributed by atoms with Crippen LogP contribution in [0.25, 0.3) is 0 Å². The fraction of sp³-hybridized carbons (Fsp3) is 0.667. The van der Waals surface area contributed by atoms with Crippen LogP contribution in [0.5, 0.6) is 0 Å². The highest BCUT2D eigenvalue weighted by molar-refractivity contribution is 5.77. The topological polar surface area (TPSA) is 63.3 Å². The van der Waals surface area contributed by atoms with Crippen LogP contribution < -0.4 is 5.73 Å². The lowest BCUT2D eigenvalue weighted by molar-refractivity contribution is -0.145. The second kappa shape index (κ2) is 4.26. The average Bonchev–Trinajstić information content (AvgIpc) is 1.99. The third-order valence-corrected chi connectivity index (χ3v) is 2.11. The molecule has 0 heterocycles. The van der Waals surface area contributed by atoms with E-state index in [0.29, 0.717) is 0 Å². The summed E-state index contributed by atoms with van der Waals surface area (Å²) in [5.74, 6) is -0.873. The first-order chi connectivity index (χ1) is 5.45. The Morgan fingerprint density at radius 2 is 2.25 bits per heavy atom. The van der Waals surface area contributed by atoms with E-state index in [9.17, 15) is 4.79 Å². The standard InChI is InChI=1S/C9H17NO2/c1-4-5-6-9(3,7(2)10)8(11)12/h5-7H,4,10H2,1-3H3,(H,11,12)/b6-5-/t7-,9?/m0/s1. The molecule has 3 heteroatoms. The Labute approximate surface area is 73.3 Å². The van der Waals surface area contributed by atoms with Gasteiger partial charge in [0, 0.05) is 6.04 Å². The molecule has 2 atom stereocenters. The Kier molecular flexibility index (Phi) is 3.96. The van der Waals surface area contributed by atoms with Gasteiger partial charge >= 0.3 is 5.97 Å². The van der Waals surface area contributed by atoms with E-state index in [1.165, 1.54) is 0 Å². The van der Waals surface area contributed by atoms with Crippen molar-refractivity contribution in [2.75, 3.05) is 0 Å². The van der Waals surface area contributed by atoms with Gasteiger partial charge in [0.05, 0.1) is 5.41 Å². The number of aliphatic carboxylic acids is 1. The van der Waals surface area contributed by atoms with E-state index in [-0.39, 0.29) is 6.04 Å². The van der Waals surface area contributed by atoms with E-state index in [1.807, 2.05) is 13.0 Å². The maximum absolute atomic E-state index is 10.8. The summed E-state index contributed by atoms with van der Waals surface area (Å²) in [4.78, 5) is 10.8. The number of carboxylic acids is 1. The molecule has 0 spiro atoms. The Morgan fingerprint density at radius 1 is 1.75 bits per heavy atom. The summed E-state index contributed by atoms with van der Waals surface area (Å²) in [6, 6.07) is -0.377. The first-order valence-electron chi connectivity index (χ1n) is 4.11. The molecule has 0 fully saturated rings. The molecule has 0 aliphatic heterocycles. The molecule has 0 radical (unpaired) electrons. The Morgan fingerprint density at radius 3 is 2.50 bits per heavy atom. The molecule has 0 saturated carbocycles. The van der Waals surface area contributed by atoms with Crippen LogP contribution >= 0.6 is 0 Å². The summed E-state index contributed by atoms with van der Waals surface area (Å²) < 4.78 is 0. The molecule has 12 heavy (non-hydrogen) atoms. The number of hydrogen-bond donors (Lipinski definition) is 2. The molecule has 70 valence electrons. The van der Waals surface area contributed by atoms with Crippen molar-refractivity contribution in [3.05, 3.63) is 12.2 Å². The molecule has 0 bridgehead atoms. The van der Waals surface area contributed by atoms with Crippen LogP contribution in [-0.2, 0) is 4.79 Å². The van der Waals surface area contributed by atoms with Crippen molar-refractivity contribution >= 4 is 5.97 Å². The summed E-state index contributed by atoms with van der Waals surface area (Å²) >= 11 is 0. The molecule has 0 aromatic carbocycles. The fourth-order valence-electron chi connectivity index (χ4n) is 0.781. The third-order valence-electron chi connectivity index (χ3n) is 2.11. The monoisotopic (exact) mass is 171 g/mol. The average molecular weight is 171 g/mol. The maximum Gasteiger partial charge on any atom is 0.314 e. The molecular weight excluding hydrogens is 154 g/mol. The maximum atomic E-state index is 10.8. The molecule has 0 amide bonds. The number of allylic oxidation sites excluding steroid dienone is 1. The third kappa shape index (κ3) is 2.34. The lowest BCUT2D eigenvalue weighted by atomic mass is 9.83. The van der Waals surface area contributed by atoms with Crippen molar-refractivity contribution in [2.45, 2.75) is 33.2 Å². The fourth-order valence-corrected chi connectivity index (χ4v) is 0.781. The molecule has 0 aromatic rings. The van der Waals surface area contributed by atoms with Crippen molar-refractivity contribution < 1.29 is 9.90 Å². The van der Waals surface area contributed by atoms with Gasteiger partial charge in [-0.25, -0.2) is 0 Å². The van der Waals surface area contributed by atoms with Crippen molar-refractivity contribution in [1.29, 1.82) is 0 Å². The molecule has 0 saturated heterocycles. The number of hydrogen-bond acceptors (Lipinski definition) is 2. The highest BCUT2D eigenvalue weighted by Crippen LogP contribution is 2.22. The van der Waals surface area contributed by atoms with E-state index < -0.39 is 11.4 Å². The van der Waals surface area contributed by atoms with Gasteiger partial charge in [-0.15, -0.1) is 0 Å². The van der Waals surface area contributed by atoms with Gasteiger partial charge in [-0.1, -0.05) is 19.1 Å². The largest absolute Gasteiger partial charge is 0.481 e. The summed E-state index contributed by atoms with van der Waals surface area (Å²) in [5.41, 5.74) is 4.65. The van der Waals surface area contributed by atoms with Crippen molar-refractivity contribution in [2.24, 2.45) is 11.1 Å². The zero-order valence-electron chi connectivity index (χ0n) is 7.87. The Bertz CT molecular complexity index is 187. The smallest absolute Gasteiger partial charge is 0.314 e. The van der Waals surface area contributed by atoms with E-state index >= 15 is 0 Å². The Balaban J connectivity index is 4.63. The van der Waals surface area contributed by atoms with Gasteiger partial charge in [0.1, 0.15) is 0 Å². The molecule has 0 rings (SSSR count). The lowest BCUT2D eigenvalue weighted by Gasteiger charge is -2.24. The Hall–Kier alpha value is -0.830. The first-order valence-corrected chi connectivity index (χ1v) is 4.11. The van der Waals surface area contributed by atoms with Crippen LogP contribution in [0.1, 0.15) is 27.2 Å². The van der Waals surface area contributed by atoms with E-state index in [1.54, 1.807) is 19.9 Å². The highest BCUT2D eigenvalue weighted by atomic mass is 16.4. The number of rotatable bonds is 4. The summed E-state index contributed by atoms with van der Waals surface area (Å²) in [6.45, 7) is 5.29. The summed E-state index contributed by atoms with van der Waals surface area (Å²) in [6.07, 6.45) is 4.33. The number of carbonyl (C=O) groups is 1. The van der Waals surface area contributed by atoms with E-state index in [2.05, 4.69) is 0 Å². The van der Waals surface area contributed by atoms with Crippen LogP contribution in [0.2, 0.25) is 0 Å². The van der Waals surface area contributed by atoms with Gasteiger partial charge in [-0.2, -0.15) is 0 Å². The lowest BCUT2D eigenvalue weighted by Crippen LogP contribution is -2.41. The number of nitrogens with two attached hydrogens (primary N) is 1. The minimum Gasteiger partial charge on any atom is -0.481 e.